The van der Waals surface area contributed by atoms with E-state index in [1.165, 1.54) is 60.9 Å². The van der Waals surface area contributed by atoms with Gasteiger partial charge in [-0.3, -0.25) is 0 Å². The van der Waals surface area contributed by atoms with E-state index >= 15 is 4.39 Å². The molecule has 0 saturated carbocycles. The zero-order valence-corrected chi connectivity index (χ0v) is 26.4. The highest BCUT2D eigenvalue weighted by atomic mass is 19.1. The molecule has 0 spiro atoms. The zero-order valence-electron chi connectivity index (χ0n) is 26.4. The minimum Gasteiger partial charge on any atom is -0.349 e. The number of aryl methyl sites for hydroxylation is 3. The molecule has 0 amide bonds. The lowest BCUT2D eigenvalue weighted by Crippen LogP contribution is -2.61. The van der Waals surface area contributed by atoms with Gasteiger partial charge in [0.15, 0.2) is 0 Å². The number of nitrogens with zero attached hydrogens (tertiary/aromatic N) is 4. The molecular formula is C41H30BFN4. The van der Waals surface area contributed by atoms with Gasteiger partial charge in [-0.2, -0.15) is 0 Å². The highest BCUT2D eigenvalue weighted by Crippen LogP contribution is 2.48. The molecule has 0 radical (unpaired) electrons. The summed E-state index contributed by atoms with van der Waals surface area (Å²) >= 11 is 0. The Kier molecular flexibility index (Phi) is 5.29. The first kappa shape index (κ1) is 26.5. The smallest absolute Gasteiger partial charge is 0.252 e. The summed E-state index contributed by atoms with van der Waals surface area (Å²) in [6.07, 6.45) is 2.16. The third kappa shape index (κ3) is 3.47. The largest absolute Gasteiger partial charge is 0.349 e. The molecule has 8 aromatic rings. The highest BCUT2D eigenvalue weighted by Gasteiger charge is 2.45. The van der Waals surface area contributed by atoms with Gasteiger partial charge in [0.2, 0.25) is 0 Å². The second-order valence-corrected chi connectivity index (χ2v) is 13.0. The van der Waals surface area contributed by atoms with E-state index in [0.29, 0.717) is 0 Å². The Hall–Kier alpha value is -5.75. The molecule has 10 rings (SSSR count). The van der Waals surface area contributed by atoms with Crippen molar-refractivity contribution in [3.8, 4) is 0 Å². The topological polar surface area (TPSA) is 16.3 Å². The van der Waals surface area contributed by atoms with Crippen LogP contribution in [-0.4, -0.2) is 15.8 Å². The Balaban J connectivity index is 1.39. The van der Waals surface area contributed by atoms with E-state index in [2.05, 4.69) is 143 Å². The van der Waals surface area contributed by atoms with Gasteiger partial charge in [0.25, 0.3) is 6.71 Å². The normalized spacial score (nSPS) is 13.4. The molecule has 0 atom stereocenters. The number of para-hydroxylation sites is 1. The van der Waals surface area contributed by atoms with Gasteiger partial charge in [-0.05, 0) is 83.5 Å². The van der Waals surface area contributed by atoms with Crippen LogP contribution in [0.1, 0.15) is 5.56 Å². The summed E-state index contributed by atoms with van der Waals surface area (Å²) in [4.78, 5) is 4.75. The van der Waals surface area contributed by atoms with E-state index in [0.717, 1.165) is 34.0 Å². The van der Waals surface area contributed by atoms with Crippen molar-refractivity contribution in [2.75, 3.05) is 9.80 Å². The lowest BCUT2D eigenvalue weighted by Gasteiger charge is -2.44. The molecule has 4 heterocycles. The first-order chi connectivity index (χ1) is 23.0. The fraction of sp³-hybridized carbons (Fsp3) is 0.0732. The minimum absolute atomic E-state index is 0.0289. The summed E-state index contributed by atoms with van der Waals surface area (Å²) in [7, 11) is 4.30. The maximum absolute atomic E-state index is 15.1. The number of anilines is 6. The predicted octanol–water partition coefficient (Wildman–Crippen LogP) is 8.35. The Bertz CT molecular complexity index is 2610. The van der Waals surface area contributed by atoms with Crippen molar-refractivity contribution in [2.24, 2.45) is 14.1 Å². The Morgan fingerprint density at radius 3 is 2.04 bits per heavy atom. The van der Waals surface area contributed by atoms with Crippen LogP contribution in [0.2, 0.25) is 0 Å². The average Bonchev–Trinajstić information content (AvgIpc) is 3.61. The summed E-state index contributed by atoms with van der Waals surface area (Å²) in [5.74, 6) is -0.252. The van der Waals surface area contributed by atoms with Gasteiger partial charge in [-0.1, -0.05) is 66.7 Å². The fourth-order valence-corrected chi connectivity index (χ4v) is 8.45. The highest BCUT2D eigenvalue weighted by molar-refractivity contribution is 7.00. The Morgan fingerprint density at radius 2 is 1.28 bits per heavy atom. The van der Waals surface area contributed by atoms with Crippen LogP contribution in [0.5, 0.6) is 0 Å². The molecule has 2 aromatic heterocycles. The van der Waals surface area contributed by atoms with Crippen LogP contribution in [0.25, 0.3) is 32.7 Å². The van der Waals surface area contributed by atoms with Crippen molar-refractivity contribution in [2.45, 2.75) is 6.92 Å². The minimum atomic E-state index is -0.252. The SMILES string of the molecule is Cc1cccc(N2c3cccc4c3B(c3ccc5ccn(C)c5c32)c2ccc3c5ccccc5n(C)c3c2N4c2cccc(F)c2)c1. The standard InChI is InChI=1S/C41H30BFN4/c1-25-9-6-11-28(23-25)46-35-15-8-16-36-37(35)42(32-19-17-26-21-22-44(2)38(26)40(32)46)33-20-18-31-30-13-4-5-14-34(30)45(3)39(31)41(33)47(36)29-12-7-10-27(43)24-29/h4-24H,1-3H3. The monoisotopic (exact) mass is 608 g/mol. The molecule has 0 saturated heterocycles. The molecule has 0 fully saturated rings. The van der Waals surface area contributed by atoms with Crippen LogP contribution in [0.3, 0.4) is 0 Å². The molecule has 6 heteroatoms. The number of rotatable bonds is 2. The van der Waals surface area contributed by atoms with Gasteiger partial charge in [0.05, 0.1) is 22.4 Å². The van der Waals surface area contributed by atoms with Crippen molar-refractivity contribution in [3.05, 3.63) is 139 Å². The van der Waals surface area contributed by atoms with Crippen LogP contribution in [0, 0.1) is 12.7 Å². The van der Waals surface area contributed by atoms with Crippen molar-refractivity contribution in [1.82, 2.24) is 9.13 Å². The lowest BCUT2D eigenvalue weighted by molar-refractivity contribution is 0.628. The number of halogens is 1. The first-order valence-corrected chi connectivity index (χ1v) is 16.1. The van der Waals surface area contributed by atoms with Crippen molar-refractivity contribution in [1.29, 1.82) is 0 Å². The van der Waals surface area contributed by atoms with E-state index in [4.69, 9.17) is 0 Å². The number of hydrogen-bond donors (Lipinski definition) is 0. The van der Waals surface area contributed by atoms with E-state index in [-0.39, 0.29) is 12.5 Å². The van der Waals surface area contributed by atoms with Gasteiger partial charge in [0.1, 0.15) is 5.82 Å². The quantitative estimate of drug-likeness (QED) is 0.184. The van der Waals surface area contributed by atoms with Gasteiger partial charge in [0, 0.05) is 64.7 Å². The fourth-order valence-electron chi connectivity index (χ4n) is 8.45. The molecular weight excluding hydrogens is 578 g/mol. The first-order valence-electron chi connectivity index (χ1n) is 16.1. The molecule has 0 N–H and O–H groups in total. The van der Waals surface area contributed by atoms with E-state index < -0.39 is 0 Å². The maximum atomic E-state index is 15.1. The lowest BCUT2D eigenvalue weighted by atomic mass is 9.33. The molecule has 2 aliphatic heterocycles. The molecule has 0 unspecified atom stereocenters. The van der Waals surface area contributed by atoms with E-state index in [9.17, 15) is 0 Å². The van der Waals surface area contributed by atoms with Crippen molar-refractivity contribution < 1.29 is 4.39 Å². The average molecular weight is 609 g/mol. The Morgan fingerprint density at radius 1 is 0.596 bits per heavy atom. The van der Waals surface area contributed by atoms with Crippen molar-refractivity contribution >= 4 is 89.9 Å². The predicted molar refractivity (Wildman–Crippen MR) is 196 cm³/mol. The third-order valence-electron chi connectivity index (χ3n) is 10.3. The molecule has 47 heavy (non-hydrogen) atoms. The number of hydrogen-bond acceptors (Lipinski definition) is 2. The van der Waals surface area contributed by atoms with Gasteiger partial charge < -0.3 is 18.9 Å². The summed E-state index contributed by atoms with van der Waals surface area (Å²) in [5.41, 5.74) is 14.9. The maximum Gasteiger partial charge on any atom is 0.252 e. The molecule has 0 bridgehead atoms. The summed E-state index contributed by atoms with van der Waals surface area (Å²) < 4.78 is 19.7. The molecule has 2 aliphatic rings. The molecule has 224 valence electrons. The van der Waals surface area contributed by atoms with Crippen LogP contribution in [-0.2, 0) is 14.1 Å². The number of benzene rings is 6. The number of aromatic nitrogens is 2. The third-order valence-corrected chi connectivity index (χ3v) is 10.3. The molecule has 4 nitrogen and oxygen atoms in total. The van der Waals surface area contributed by atoms with Crippen LogP contribution >= 0.6 is 0 Å². The summed E-state index contributed by atoms with van der Waals surface area (Å²) in [6.45, 7) is 2.12. The van der Waals surface area contributed by atoms with E-state index in [1.807, 2.05) is 12.1 Å². The Labute approximate surface area is 272 Å². The second-order valence-electron chi connectivity index (χ2n) is 13.0. The van der Waals surface area contributed by atoms with Gasteiger partial charge >= 0.3 is 0 Å². The van der Waals surface area contributed by atoms with Crippen molar-refractivity contribution in [3.63, 3.8) is 0 Å². The summed E-state index contributed by atoms with van der Waals surface area (Å²) in [5, 5.41) is 3.62. The van der Waals surface area contributed by atoms with Crippen LogP contribution in [0.15, 0.2) is 128 Å². The number of fused-ring (bicyclic) bond motifs is 10. The van der Waals surface area contributed by atoms with Crippen LogP contribution < -0.4 is 26.2 Å². The van der Waals surface area contributed by atoms with Gasteiger partial charge in [-0.15, -0.1) is 0 Å². The van der Waals surface area contributed by atoms with E-state index in [1.54, 1.807) is 6.07 Å². The van der Waals surface area contributed by atoms with Crippen LogP contribution in [0.4, 0.5) is 38.5 Å². The van der Waals surface area contributed by atoms with Gasteiger partial charge in [-0.25, -0.2) is 4.39 Å². The zero-order chi connectivity index (χ0) is 31.6. The molecule has 0 aliphatic carbocycles. The second kappa shape index (κ2) is 9.40. The summed E-state index contributed by atoms with van der Waals surface area (Å²) in [6, 6.07) is 42.4. The molecule has 6 aromatic carbocycles.